The van der Waals surface area contributed by atoms with E-state index in [0.29, 0.717) is 0 Å². The second-order valence-corrected chi connectivity index (χ2v) is 14.7. The minimum atomic E-state index is -0.321. The van der Waals surface area contributed by atoms with Crippen LogP contribution in [0.15, 0.2) is 212 Å². The van der Waals surface area contributed by atoms with E-state index in [9.17, 15) is 0 Å². The quantitative estimate of drug-likeness (QED) is 0.174. The van der Waals surface area contributed by atoms with E-state index in [2.05, 4.69) is 212 Å². The fraction of sp³-hybridized carbons (Fsp3) is 0.0185. The molecule has 11 rings (SSSR count). The zero-order chi connectivity index (χ0) is 36.3. The summed E-state index contributed by atoms with van der Waals surface area (Å²) in [6.07, 6.45) is 0. The van der Waals surface area contributed by atoms with Gasteiger partial charge in [-0.1, -0.05) is 194 Å². The van der Waals surface area contributed by atoms with Crippen molar-refractivity contribution in [2.75, 3.05) is 0 Å². The third kappa shape index (κ3) is 4.90. The van der Waals surface area contributed by atoms with Gasteiger partial charge in [0.25, 0.3) is 0 Å². The number of rotatable bonds is 5. The van der Waals surface area contributed by atoms with Gasteiger partial charge in [0.05, 0.1) is 16.8 Å². The summed E-state index contributed by atoms with van der Waals surface area (Å²) in [7, 11) is 0. The van der Waals surface area contributed by atoms with Crippen molar-refractivity contribution in [3.8, 4) is 78.1 Å². The lowest BCUT2D eigenvalue weighted by atomic mass is 9.70. The number of fused-ring (bicyclic) bond motifs is 10. The van der Waals surface area contributed by atoms with Crippen LogP contribution in [0.3, 0.4) is 0 Å². The summed E-state index contributed by atoms with van der Waals surface area (Å²) >= 11 is 0. The Morgan fingerprint density at radius 3 is 1.13 bits per heavy atom. The number of aromatic nitrogens is 1. The summed E-state index contributed by atoms with van der Waals surface area (Å²) < 4.78 is 0. The van der Waals surface area contributed by atoms with Crippen LogP contribution in [0.5, 0.6) is 0 Å². The molecule has 8 aromatic carbocycles. The highest BCUT2D eigenvalue weighted by Crippen LogP contribution is 2.62. The minimum absolute atomic E-state index is 0.321. The Bertz CT molecular complexity index is 2840. The van der Waals surface area contributed by atoms with E-state index >= 15 is 0 Å². The Hall–Kier alpha value is -7.09. The topological polar surface area (TPSA) is 12.9 Å². The van der Waals surface area contributed by atoms with Gasteiger partial charge in [0.1, 0.15) is 0 Å². The predicted molar refractivity (Wildman–Crippen MR) is 228 cm³/mol. The van der Waals surface area contributed by atoms with Crippen LogP contribution in [-0.4, -0.2) is 4.98 Å². The molecule has 1 heteroatoms. The van der Waals surface area contributed by atoms with Crippen molar-refractivity contribution in [2.24, 2.45) is 0 Å². The number of pyridine rings is 1. The maximum atomic E-state index is 5.18. The molecule has 2 aliphatic carbocycles. The molecule has 2 aliphatic rings. The maximum Gasteiger partial charge on any atom is 0.0725 e. The molecular formula is C54H35N. The zero-order valence-corrected chi connectivity index (χ0v) is 30.2. The van der Waals surface area contributed by atoms with Crippen LogP contribution >= 0.6 is 0 Å². The van der Waals surface area contributed by atoms with Crippen LogP contribution in [0.25, 0.3) is 78.1 Å². The number of nitrogens with zero attached hydrogens (tertiary/aromatic N) is 1. The van der Waals surface area contributed by atoms with Gasteiger partial charge in [0.2, 0.25) is 0 Å². The van der Waals surface area contributed by atoms with Gasteiger partial charge < -0.3 is 0 Å². The van der Waals surface area contributed by atoms with E-state index < -0.39 is 0 Å². The summed E-state index contributed by atoms with van der Waals surface area (Å²) in [6, 6.07) is 77.4. The normalized spacial score (nSPS) is 12.9. The first-order valence-electron chi connectivity index (χ1n) is 19.0. The van der Waals surface area contributed by atoms with Gasteiger partial charge in [0.15, 0.2) is 0 Å². The first-order chi connectivity index (χ1) is 27.3. The van der Waals surface area contributed by atoms with Crippen LogP contribution in [0, 0.1) is 0 Å². The molecule has 0 bridgehead atoms. The third-order valence-corrected chi connectivity index (χ3v) is 11.7. The molecular weight excluding hydrogens is 663 g/mol. The van der Waals surface area contributed by atoms with Crippen molar-refractivity contribution in [3.05, 3.63) is 235 Å². The van der Waals surface area contributed by atoms with E-state index in [0.717, 1.165) is 33.6 Å². The van der Waals surface area contributed by atoms with Crippen LogP contribution in [0.2, 0.25) is 0 Å². The van der Waals surface area contributed by atoms with Crippen molar-refractivity contribution in [2.45, 2.75) is 5.41 Å². The largest absolute Gasteiger partial charge is 0.248 e. The van der Waals surface area contributed by atoms with Crippen LogP contribution < -0.4 is 0 Å². The highest BCUT2D eigenvalue weighted by atomic mass is 14.7. The van der Waals surface area contributed by atoms with Gasteiger partial charge in [0, 0.05) is 11.1 Å². The molecule has 0 aliphatic heterocycles. The van der Waals surface area contributed by atoms with Gasteiger partial charge in [-0.3, -0.25) is 0 Å². The lowest BCUT2D eigenvalue weighted by molar-refractivity contribution is 0.794. The van der Waals surface area contributed by atoms with Crippen molar-refractivity contribution in [1.29, 1.82) is 0 Å². The Morgan fingerprint density at radius 1 is 0.236 bits per heavy atom. The minimum Gasteiger partial charge on any atom is -0.248 e. The highest BCUT2D eigenvalue weighted by molar-refractivity contribution is 5.96. The molecule has 1 aromatic heterocycles. The first kappa shape index (κ1) is 31.4. The van der Waals surface area contributed by atoms with Crippen molar-refractivity contribution >= 4 is 0 Å². The summed E-state index contributed by atoms with van der Waals surface area (Å²) in [5.41, 5.74) is 21.7. The Labute approximate surface area is 321 Å². The number of hydrogen-bond donors (Lipinski definition) is 0. The number of hydrogen-bond acceptors (Lipinski definition) is 1. The Kier molecular flexibility index (Phi) is 7.15. The molecule has 55 heavy (non-hydrogen) atoms. The van der Waals surface area contributed by atoms with E-state index in [-0.39, 0.29) is 5.41 Å². The second-order valence-electron chi connectivity index (χ2n) is 14.7. The lowest BCUT2D eigenvalue weighted by Crippen LogP contribution is -2.25. The van der Waals surface area contributed by atoms with Gasteiger partial charge in [-0.2, -0.15) is 0 Å². The summed E-state index contributed by atoms with van der Waals surface area (Å²) in [5, 5.41) is 0. The van der Waals surface area contributed by atoms with E-state index in [1.165, 1.54) is 66.8 Å². The van der Waals surface area contributed by atoms with E-state index in [1.54, 1.807) is 0 Å². The number of benzene rings is 8. The fourth-order valence-corrected chi connectivity index (χ4v) is 9.20. The molecule has 1 heterocycles. The van der Waals surface area contributed by atoms with Gasteiger partial charge in [-0.25, -0.2) is 4.98 Å². The molecule has 0 amide bonds. The summed E-state index contributed by atoms with van der Waals surface area (Å²) in [6.45, 7) is 0. The molecule has 256 valence electrons. The third-order valence-electron chi connectivity index (χ3n) is 11.7. The van der Waals surface area contributed by atoms with Gasteiger partial charge in [-0.05, 0) is 96.1 Å². The fourth-order valence-electron chi connectivity index (χ4n) is 9.20. The molecule has 0 fully saturated rings. The van der Waals surface area contributed by atoms with Crippen molar-refractivity contribution in [3.63, 3.8) is 0 Å². The molecule has 1 nitrogen and oxygen atoms in total. The van der Waals surface area contributed by atoms with Crippen molar-refractivity contribution < 1.29 is 0 Å². The van der Waals surface area contributed by atoms with E-state index in [1.807, 2.05) is 0 Å². The molecule has 1 spiro atoms. The standard InChI is InChI=1S/C54H35N/c1-3-13-36(14-4-1)37-27-29-41(30-28-37)53-35-43(34-52(55-53)40-15-5-2-6-16-40)39-25-23-38(24-26-39)42-31-32-51-47(33-42)46-19-9-12-22-50(46)54(51)48-20-10-7-17-44(48)45-18-8-11-21-49(45)54/h1-35H. The van der Waals surface area contributed by atoms with Crippen LogP contribution in [0.4, 0.5) is 0 Å². The Balaban J connectivity index is 0.988. The zero-order valence-electron chi connectivity index (χ0n) is 30.2. The predicted octanol–water partition coefficient (Wildman–Crippen LogP) is 13.8. The molecule has 0 atom stereocenters. The Morgan fingerprint density at radius 2 is 0.582 bits per heavy atom. The average Bonchev–Trinajstić information content (AvgIpc) is 3.74. The second kappa shape index (κ2) is 12.5. The van der Waals surface area contributed by atoms with Crippen LogP contribution in [0.1, 0.15) is 22.3 Å². The average molecular weight is 698 g/mol. The lowest BCUT2D eigenvalue weighted by Gasteiger charge is -2.30. The van der Waals surface area contributed by atoms with Crippen molar-refractivity contribution in [1.82, 2.24) is 4.98 Å². The van der Waals surface area contributed by atoms with Gasteiger partial charge >= 0.3 is 0 Å². The monoisotopic (exact) mass is 697 g/mol. The molecule has 9 aromatic rings. The maximum absolute atomic E-state index is 5.18. The molecule has 0 radical (unpaired) electrons. The van der Waals surface area contributed by atoms with Crippen LogP contribution in [-0.2, 0) is 5.41 Å². The van der Waals surface area contributed by atoms with Gasteiger partial charge in [-0.15, -0.1) is 0 Å². The smallest absolute Gasteiger partial charge is 0.0725 e. The van der Waals surface area contributed by atoms with E-state index in [4.69, 9.17) is 4.98 Å². The molecule has 0 unspecified atom stereocenters. The summed E-state index contributed by atoms with van der Waals surface area (Å²) in [5.74, 6) is 0. The summed E-state index contributed by atoms with van der Waals surface area (Å²) in [4.78, 5) is 5.18. The molecule has 0 saturated carbocycles. The highest BCUT2D eigenvalue weighted by Gasteiger charge is 2.51. The molecule has 0 saturated heterocycles. The SMILES string of the molecule is c1ccc(-c2ccc(-c3cc(-c4ccc(-c5ccc6c(c5)-c5ccccc5C65c6ccccc6-c6ccccc65)cc4)cc(-c4ccccc4)n3)cc2)cc1. The first-order valence-corrected chi connectivity index (χ1v) is 19.0. The molecule has 0 N–H and O–H groups in total.